The van der Waals surface area contributed by atoms with Crippen LogP contribution in [-0.2, 0) is 9.59 Å². The number of carbonyl (C=O) groups is 2. The number of amides is 2. The largest absolute Gasteiger partial charge is 0.372 e. The summed E-state index contributed by atoms with van der Waals surface area (Å²) >= 11 is 0. The highest BCUT2D eigenvalue weighted by molar-refractivity contribution is 6.46. The molecular weight excluding hydrogens is 443 g/mol. The van der Waals surface area contributed by atoms with Crippen molar-refractivity contribution in [3.05, 3.63) is 95.4 Å². The lowest BCUT2D eigenvalue weighted by Crippen LogP contribution is -2.32. The topological polar surface area (TPSA) is 52.7 Å². The number of hydrogen-bond donors (Lipinski definition) is 1. The smallest absolute Gasteiger partial charge is 0.282 e. The van der Waals surface area contributed by atoms with Gasteiger partial charge in [-0.05, 0) is 67.9 Å². The van der Waals surface area contributed by atoms with Gasteiger partial charge in [0.25, 0.3) is 11.8 Å². The highest BCUT2D eigenvalue weighted by Gasteiger charge is 2.40. The Morgan fingerprint density at radius 3 is 2.03 bits per heavy atom. The molecule has 5 nitrogen and oxygen atoms in total. The Labute approximate surface area is 195 Å². The number of halogens is 3. The first kappa shape index (κ1) is 23.1. The van der Waals surface area contributed by atoms with Crippen molar-refractivity contribution in [2.75, 3.05) is 28.2 Å². The number of carbonyl (C=O) groups excluding carboxylic acids is 2. The second-order valence-electron chi connectivity index (χ2n) is 7.65. The quantitative estimate of drug-likeness (QED) is 0.478. The third-order valence-corrected chi connectivity index (χ3v) is 5.64. The molecule has 1 aliphatic heterocycles. The van der Waals surface area contributed by atoms with E-state index in [1.165, 1.54) is 24.3 Å². The fraction of sp³-hybridized carbons (Fsp3) is 0.154. The first-order chi connectivity index (χ1) is 16.3. The van der Waals surface area contributed by atoms with Crippen LogP contribution < -0.4 is 15.1 Å². The maximum atomic E-state index is 13.9. The number of imide groups is 1. The Morgan fingerprint density at radius 2 is 1.44 bits per heavy atom. The summed E-state index contributed by atoms with van der Waals surface area (Å²) in [7, 11) is 0. The van der Waals surface area contributed by atoms with Crippen LogP contribution in [0.5, 0.6) is 0 Å². The summed E-state index contributed by atoms with van der Waals surface area (Å²) in [4.78, 5) is 29.6. The van der Waals surface area contributed by atoms with Gasteiger partial charge in [-0.3, -0.25) is 9.59 Å². The lowest BCUT2D eigenvalue weighted by molar-refractivity contribution is -0.120. The third-order valence-electron chi connectivity index (χ3n) is 5.64. The molecule has 1 aliphatic rings. The maximum Gasteiger partial charge on any atom is 0.282 e. The van der Waals surface area contributed by atoms with E-state index in [1.54, 1.807) is 12.1 Å². The summed E-state index contributed by atoms with van der Waals surface area (Å²) in [5, 5.41) is 3.00. The molecule has 0 spiro atoms. The van der Waals surface area contributed by atoms with E-state index in [2.05, 4.69) is 10.2 Å². The molecule has 8 heteroatoms. The predicted molar refractivity (Wildman–Crippen MR) is 126 cm³/mol. The lowest BCUT2D eigenvalue weighted by Gasteiger charge is -2.21. The zero-order chi connectivity index (χ0) is 24.4. The molecule has 174 valence electrons. The summed E-state index contributed by atoms with van der Waals surface area (Å²) in [6.45, 7) is 5.76. The van der Waals surface area contributed by atoms with Crippen molar-refractivity contribution in [2.45, 2.75) is 13.8 Å². The fourth-order valence-corrected chi connectivity index (χ4v) is 3.88. The molecule has 0 saturated carbocycles. The van der Waals surface area contributed by atoms with E-state index in [9.17, 15) is 22.8 Å². The van der Waals surface area contributed by atoms with Gasteiger partial charge in [-0.25, -0.2) is 18.1 Å². The Kier molecular flexibility index (Phi) is 6.40. The molecule has 1 heterocycles. The van der Waals surface area contributed by atoms with Gasteiger partial charge in [-0.2, -0.15) is 0 Å². The number of benzene rings is 3. The van der Waals surface area contributed by atoms with Crippen molar-refractivity contribution >= 4 is 34.4 Å². The van der Waals surface area contributed by atoms with Gasteiger partial charge in [0.2, 0.25) is 0 Å². The van der Waals surface area contributed by atoms with Gasteiger partial charge in [0.05, 0.1) is 11.3 Å². The SMILES string of the molecule is CCN(CC)c1ccc(NC2=C(c3ccc(F)cc3)C(=O)N(c3ccc(F)c(F)c3)C2=O)cc1. The number of anilines is 3. The normalized spacial score (nSPS) is 13.6. The summed E-state index contributed by atoms with van der Waals surface area (Å²) < 4.78 is 40.8. The van der Waals surface area contributed by atoms with Crippen molar-refractivity contribution < 1.29 is 22.8 Å². The van der Waals surface area contributed by atoms with E-state index >= 15 is 0 Å². The Bertz CT molecular complexity index is 1270. The standard InChI is InChI=1S/C26H22F3N3O2/c1-3-31(4-2)19-11-9-18(10-12-19)30-24-23(16-5-7-17(27)8-6-16)25(33)32(26(24)34)20-13-14-21(28)22(29)15-20/h5-15,30H,3-4H2,1-2H3. The van der Waals surface area contributed by atoms with Crippen LogP contribution in [0.2, 0.25) is 0 Å². The molecule has 0 atom stereocenters. The molecule has 0 unspecified atom stereocenters. The average molecular weight is 465 g/mol. The second kappa shape index (κ2) is 9.43. The van der Waals surface area contributed by atoms with E-state index in [1.807, 2.05) is 26.0 Å². The Balaban J connectivity index is 1.75. The number of rotatable bonds is 7. The summed E-state index contributed by atoms with van der Waals surface area (Å²) in [5.41, 5.74) is 1.72. The molecule has 3 aromatic carbocycles. The number of nitrogens with one attached hydrogen (secondary N) is 1. The van der Waals surface area contributed by atoms with Crippen molar-refractivity contribution in [3.63, 3.8) is 0 Å². The second-order valence-corrected chi connectivity index (χ2v) is 7.65. The third kappa shape index (κ3) is 4.26. The van der Waals surface area contributed by atoms with E-state index in [0.717, 1.165) is 41.9 Å². The molecular formula is C26H22F3N3O2. The monoisotopic (exact) mass is 465 g/mol. The van der Waals surface area contributed by atoms with Gasteiger partial charge >= 0.3 is 0 Å². The highest BCUT2D eigenvalue weighted by Crippen LogP contribution is 2.34. The van der Waals surface area contributed by atoms with E-state index in [4.69, 9.17) is 0 Å². The lowest BCUT2D eigenvalue weighted by atomic mass is 10.0. The van der Waals surface area contributed by atoms with Crippen LogP contribution in [0.1, 0.15) is 19.4 Å². The predicted octanol–water partition coefficient (Wildman–Crippen LogP) is 5.35. The summed E-state index contributed by atoms with van der Waals surface area (Å²) in [5.74, 6) is -4.25. The minimum atomic E-state index is -1.19. The van der Waals surface area contributed by atoms with Gasteiger partial charge in [0.1, 0.15) is 11.5 Å². The van der Waals surface area contributed by atoms with E-state index < -0.39 is 29.3 Å². The van der Waals surface area contributed by atoms with Crippen molar-refractivity contribution in [3.8, 4) is 0 Å². The molecule has 0 saturated heterocycles. The molecule has 1 N–H and O–H groups in total. The maximum absolute atomic E-state index is 13.9. The molecule has 0 bridgehead atoms. The van der Waals surface area contributed by atoms with E-state index in [0.29, 0.717) is 11.3 Å². The Morgan fingerprint density at radius 1 is 0.794 bits per heavy atom. The minimum Gasteiger partial charge on any atom is -0.372 e. The van der Waals surface area contributed by atoms with Crippen LogP contribution in [0, 0.1) is 17.5 Å². The van der Waals surface area contributed by atoms with Crippen LogP contribution in [0.15, 0.2) is 72.4 Å². The fourth-order valence-electron chi connectivity index (χ4n) is 3.88. The molecule has 2 amide bonds. The molecule has 0 aromatic heterocycles. The van der Waals surface area contributed by atoms with Crippen LogP contribution in [-0.4, -0.2) is 24.9 Å². The van der Waals surface area contributed by atoms with Crippen LogP contribution in [0.3, 0.4) is 0 Å². The molecule has 0 fully saturated rings. The summed E-state index contributed by atoms with van der Waals surface area (Å²) in [6, 6.07) is 15.2. The van der Waals surface area contributed by atoms with Gasteiger partial charge in [0.15, 0.2) is 11.6 Å². The molecule has 34 heavy (non-hydrogen) atoms. The number of hydrogen-bond acceptors (Lipinski definition) is 4. The van der Waals surface area contributed by atoms with Gasteiger partial charge in [-0.15, -0.1) is 0 Å². The average Bonchev–Trinajstić information content (AvgIpc) is 3.07. The van der Waals surface area contributed by atoms with Gasteiger partial charge in [-0.1, -0.05) is 12.1 Å². The minimum absolute atomic E-state index is 0.00236. The zero-order valence-electron chi connectivity index (χ0n) is 18.6. The van der Waals surface area contributed by atoms with Gasteiger partial charge in [0, 0.05) is 30.5 Å². The zero-order valence-corrected chi connectivity index (χ0v) is 18.6. The van der Waals surface area contributed by atoms with Crippen LogP contribution in [0.4, 0.5) is 30.2 Å². The van der Waals surface area contributed by atoms with Crippen molar-refractivity contribution in [1.82, 2.24) is 0 Å². The molecule has 4 rings (SSSR count). The van der Waals surface area contributed by atoms with Crippen molar-refractivity contribution in [2.24, 2.45) is 0 Å². The van der Waals surface area contributed by atoms with Crippen LogP contribution in [0.25, 0.3) is 5.57 Å². The van der Waals surface area contributed by atoms with Gasteiger partial charge < -0.3 is 10.2 Å². The van der Waals surface area contributed by atoms with Crippen molar-refractivity contribution in [1.29, 1.82) is 0 Å². The number of nitrogens with zero attached hydrogens (tertiary/aromatic N) is 2. The molecule has 3 aromatic rings. The van der Waals surface area contributed by atoms with E-state index in [-0.39, 0.29) is 17.0 Å². The molecule has 0 aliphatic carbocycles. The summed E-state index contributed by atoms with van der Waals surface area (Å²) in [6.07, 6.45) is 0. The Hall–Kier alpha value is -4.07. The first-order valence-electron chi connectivity index (χ1n) is 10.8. The molecule has 0 radical (unpaired) electrons. The van der Waals surface area contributed by atoms with Crippen LogP contribution >= 0.6 is 0 Å². The first-order valence-corrected chi connectivity index (χ1v) is 10.8. The highest BCUT2D eigenvalue weighted by atomic mass is 19.2.